The smallest absolute Gasteiger partial charge is 0.336 e. The molecule has 1 rings (SSSR count). The summed E-state index contributed by atoms with van der Waals surface area (Å²) in [6.45, 7) is 10.2. The number of carboxylic acid groups (broad SMARTS) is 1. The maximum Gasteiger partial charge on any atom is 0.336 e. The van der Waals surface area contributed by atoms with Crippen LogP contribution in [-0.2, 0) is 14.6 Å². The van der Waals surface area contributed by atoms with Gasteiger partial charge in [-0.1, -0.05) is 45.0 Å². The first-order valence-corrected chi connectivity index (χ1v) is 8.42. The van der Waals surface area contributed by atoms with E-state index in [4.69, 9.17) is 4.43 Å². The summed E-state index contributed by atoms with van der Waals surface area (Å²) < 4.78 is 5.57. The van der Waals surface area contributed by atoms with Gasteiger partial charge in [-0.2, -0.15) is 0 Å². The molecule has 4 heteroatoms. The Balaban J connectivity index is 3.10. The average Bonchev–Trinajstić information content (AvgIpc) is 2.24. The van der Waals surface area contributed by atoms with E-state index in [1.165, 1.54) is 0 Å². The van der Waals surface area contributed by atoms with Crippen LogP contribution in [0.15, 0.2) is 24.3 Å². The summed E-state index contributed by atoms with van der Waals surface area (Å²) in [5.74, 6) is -0.924. The lowest BCUT2D eigenvalue weighted by Gasteiger charge is -2.22. The van der Waals surface area contributed by atoms with Crippen LogP contribution in [0.3, 0.4) is 0 Å². The number of hydrogen-bond donors (Lipinski definition) is 1. The Hall–Kier alpha value is -1.13. The molecule has 0 saturated heterocycles. The van der Waals surface area contributed by atoms with Gasteiger partial charge < -0.3 is 9.53 Å². The summed E-state index contributed by atoms with van der Waals surface area (Å²) >= 11 is 0. The van der Waals surface area contributed by atoms with E-state index in [-0.39, 0.29) is 5.41 Å². The summed E-state index contributed by atoms with van der Waals surface area (Å²) in [6, 6.07) is 7.67. The molecule has 1 aromatic carbocycles. The second-order valence-electron chi connectivity index (χ2n) is 5.62. The Labute approximate surface area is 111 Å². The summed E-state index contributed by atoms with van der Waals surface area (Å²) in [6.07, 6.45) is -0.851. The van der Waals surface area contributed by atoms with Crippen LogP contribution in [0.5, 0.6) is 0 Å². The molecule has 0 aliphatic heterocycles. The summed E-state index contributed by atoms with van der Waals surface area (Å²) in [4.78, 5) is 11.3. The van der Waals surface area contributed by atoms with Gasteiger partial charge in [-0.15, -0.1) is 0 Å². The molecule has 0 aromatic heterocycles. The number of rotatable bonds is 4. The first kappa shape index (κ1) is 14.9. The second-order valence-corrected chi connectivity index (χ2v) is 7.67. The van der Waals surface area contributed by atoms with Crippen LogP contribution in [0, 0.1) is 0 Å². The van der Waals surface area contributed by atoms with Crippen LogP contribution in [0.25, 0.3) is 0 Å². The molecule has 0 fully saturated rings. The van der Waals surface area contributed by atoms with E-state index in [0.717, 1.165) is 11.1 Å². The zero-order valence-corrected chi connectivity index (χ0v) is 12.7. The van der Waals surface area contributed by atoms with Crippen LogP contribution >= 0.6 is 0 Å². The fourth-order valence-electron chi connectivity index (χ4n) is 1.66. The fourth-order valence-corrected chi connectivity index (χ4v) is 2.37. The lowest BCUT2D eigenvalue weighted by atomic mass is 9.86. The number of carboxylic acids is 1. The van der Waals surface area contributed by atoms with Gasteiger partial charge in [-0.25, -0.2) is 4.79 Å². The summed E-state index contributed by atoms with van der Waals surface area (Å²) in [5.41, 5.74) is 1.85. The molecule has 0 aliphatic rings. The van der Waals surface area contributed by atoms with Crippen molar-refractivity contribution in [1.82, 2.24) is 0 Å². The van der Waals surface area contributed by atoms with Gasteiger partial charge in [0.15, 0.2) is 6.10 Å². The van der Waals surface area contributed by atoms with Crippen molar-refractivity contribution in [2.24, 2.45) is 0 Å². The van der Waals surface area contributed by atoms with Crippen molar-refractivity contribution in [2.45, 2.75) is 45.4 Å². The molecule has 0 aliphatic carbocycles. The Morgan fingerprint density at radius 1 is 1.33 bits per heavy atom. The highest BCUT2D eigenvalue weighted by molar-refractivity contribution is 6.48. The molecule has 0 amide bonds. The van der Waals surface area contributed by atoms with E-state index in [9.17, 15) is 9.90 Å². The number of aliphatic carboxylic acids is 1. The van der Waals surface area contributed by atoms with Crippen LogP contribution in [0.2, 0.25) is 13.1 Å². The summed E-state index contributed by atoms with van der Waals surface area (Å²) in [7, 11) is -1.05. The monoisotopic (exact) mass is 265 g/mol. The third kappa shape index (κ3) is 3.96. The molecule has 0 bridgehead atoms. The molecule has 1 N–H and O–H groups in total. The predicted octanol–water partition coefficient (Wildman–Crippen LogP) is 3.38. The van der Waals surface area contributed by atoms with E-state index in [0.29, 0.717) is 0 Å². The molecule has 18 heavy (non-hydrogen) atoms. The number of hydrogen-bond acceptors (Lipinski definition) is 2. The third-order valence-corrected chi connectivity index (χ3v) is 3.34. The van der Waals surface area contributed by atoms with Crippen molar-refractivity contribution < 1.29 is 14.3 Å². The van der Waals surface area contributed by atoms with Crippen LogP contribution in [0.1, 0.15) is 38.0 Å². The zero-order valence-electron chi connectivity index (χ0n) is 11.7. The van der Waals surface area contributed by atoms with Crippen molar-refractivity contribution in [3.63, 3.8) is 0 Å². The Morgan fingerprint density at radius 3 is 2.39 bits per heavy atom. The van der Waals surface area contributed by atoms with Gasteiger partial charge >= 0.3 is 5.97 Å². The topological polar surface area (TPSA) is 46.5 Å². The standard InChI is InChI=1S/C14H21O3Si/c1-14(2,3)11-8-6-7-10(9-11)12(13(15)16)17-18(4)5/h6-9,12H,1-5H3,(H,15,16). The first-order valence-electron chi connectivity index (χ1n) is 6.02. The molecule has 1 aromatic rings. The van der Waals surface area contributed by atoms with Crippen molar-refractivity contribution in [3.05, 3.63) is 35.4 Å². The van der Waals surface area contributed by atoms with Gasteiger partial charge in [0, 0.05) is 0 Å². The Morgan fingerprint density at radius 2 is 1.94 bits per heavy atom. The molecule has 1 unspecified atom stereocenters. The molecule has 3 nitrogen and oxygen atoms in total. The number of benzene rings is 1. The maximum absolute atomic E-state index is 11.3. The Bertz CT molecular complexity index is 421. The molecule has 0 spiro atoms. The minimum atomic E-state index is -1.05. The average molecular weight is 265 g/mol. The van der Waals surface area contributed by atoms with Crippen molar-refractivity contribution in [3.8, 4) is 0 Å². The summed E-state index contributed by atoms with van der Waals surface area (Å²) in [5, 5.41) is 9.26. The molecular weight excluding hydrogens is 244 g/mol. The molecule has 0 heterocycles. The van der Waals surface area contributed by atoms with Gasteiger partial charge in [-0.3, -0.25) is 0 Å². The van der Waals surface area contributed by atoms with Crippen molar-refractivity contribution in [1.29, 1.82) is 0 Å². The molecule has 1 atom stereocenters. The van der Waals surface area contributed by atoms with Crippen LogP contribution in [-0.4, -0.2) is 20.1 Å². The highest BCUT2D eigenvalue weighted by Crippen LogP contribution is 2.26. The largest absolute Gasteiger partial charge is 0.479 e. The van der Waals surface area contributed by atoms with Crippen LogP contribution < -0.4 is 0 Å². The van der Waals surface area contributed by atoms with E-state index in [2.05, 4.69) is 20.8 Å². The van der Waals surface area contributed by atoms with Gasteiger partial charge in [0.05, 0.1) is 0 Å². The lowest BCUT2D eigenvalue weighted by molar-refractivity contribution is -0.145. The minimum Gasteiger partial charge on any atom is -0.479 e. The molecule has 0 saturated carbocycles. The minimum absolute atomic E-state index is 0.00523. The molecular formula is C14H21O3Si. The fraction of sp³-hybridized carbons (Fsp3) is 0.500. The van der Waals surface area contributed by atoms with Crippen molar-refractivity contribution in [2.75, 3.05) is 0 Å². The van der Waals surface area contributed by atoms with Gasteiger partial charge in [0.25, 0.3) is 0 Å². The second kappa shape index (κ2) is 5.67. The van der Waals surface area contributed by atoms with E-state index >= 15 is 0 Å². The highest BCUT2D eigenvalue weighted by Gasteiger charge is 2.23. The maximum atomic E-state index is 11.3. The first-order chi connectivity index (χ1) is 8.21. The third-order valence-electron chi connectivity index (χ3n) is 2.63. The predicted molar refractivity (Wildman–Crippen MR) is 74.1 cm³/mol. The SMILES string of the molecule is C[Si](C)OC(C(=O)O)c1cccc(C(C)(C)C)c1. The van der Waals surface area contributed by atoms with Gasteiger partial charge in [0.1, 0.15) is 0 Å². The van der Waals surface area contributed by atoms with Gasteiger partial charge in [0.2, 0.25) is 9.04 Å². The Kier molecular flexibility index (Phi) is 4.70. The zero-order chi connectivity index (χ0) is 13.9. The lowest BCUT2D eigenvalue weighted by Crippen LogP contribution is -2.22. The van der Waals surface area contributed by atoms with E-state index in [1.54, 1.807) is 0 Å². The van der Waals surface area contributed by atoms with E-state index in [1.807, 2.05) is 37.4 Å². The quantitative estimate of drug-likeness (QED) is 0.849. The van der Waals surface area contributed by atoms with Crippen molar-refractivity contribution >= 4 is 15.0 Å². The molecule has 99 valence electrons. The van der Waals surface area contributed by atoms with Gasteiger partial charge in [-0.05, 0) is 29.6 Å². The van der Waals surface area contributed by atoms with Crippen LogP contribution in [0.4, 0.5) is 0 Å². The van der Waals surface area contributed by atoms with E-state index < -0.39 is 21.1 Å². The normalized spacial score (nSPS) is 13.7. The number of carbonyl (C=O) groups is 1. The highest BCUT2D eigenvalue weighted by atomic mass is 28.3. The molecule has 1 radical (unpaired) electrons.